The van der Waals surface area contributed by atoms with Gasteiger partial charge < -0.3 is 19.1 Å². The SMILES string of the molecule is CC(C)(C)OC(=O)N1[C@H]2CC[C@]1(COC(F)F)CN(C(=O)OCc1ccccc1)C2. The Labute approximate surface area is 174 Å². The molecule has 0 unspecified atom stereocenters. The van der Waals surface area contributed by atoms with E-state index >= 15 is 0 Å². The number of alkyl halides is 2. The van der Waals surface area contributed by atoms with Crippen LogP contribution < -0.4 is 0 Å². The number of likely N-dealkylation sites (tertiary alicyclic amines) is 1. The average molecular weight is 426 g/mol. The van der Waals surface area contributed by atoms with Crippen molar-refractivity contribution in [1.82, 2.24) is 9.80 Å². The topological polar surface area (TPSA) is 68.3 Å². The van der Waals surface area contributed by atoms with E-state index in [0.29, 0.717) is 12.8 Å². The highest BCUT2D eigenvalue weighted by atomic mass is 19.3. The van der Waals surface area contributed by atoms with Gasteiger partial charge in [0.25, 0.3) is 0 Å². The number of amides is 2. The molecule has 2 bridgehead atoms. The smallest absolute Gasteiger partial charge is 0.411 e. The maximum Gasteiger partial charge on any atom is 0.411 e. The third-order valence-corrected chi connectivity index (χ3v) is 5.27. The summed E-state index contributed by atoms with van der Waals surface area (Å²) in [6, 6.07) is 8.90. The number of piperazine rings is 1. The normalized spacial score (nSPS) is 23.6. The minimum absolute atomic E-state index is 0.0447. The molecule has 30 heavy (non-hydrogen) atoms. The predicted octanol–water partition coefficient (Wildman–Crippen LogP) is 4.02. The van der Waals surface area contributed by atoms with Crippen LogP contribution in [0.2, 0.25) is 0 Å². The van der Waals surface area contributed by atoms with Gasteiger partial charge >= 0.3 is 18.8 Å². The molecule has 2 heterocycles. The Bertz CT molecular complexity index is 756. The molecule has 166 valence electrons. The van der Waals surface area contributed by atoms with Crippen LogP contribution in [0.1, 0.15) is 39.2 Å². The van der Waals surface area contributed by atoms with Crippen molar-refractivity contribution in [2.24, 2.45) is 0 Å². The first kappa shape index (κ1) is 22.3. The third-order valence-electron chi connectivity index (χ3n) is 5.27. The van der Waals surface area contributed by atoms with Gasteiger partial charge in [0, 0.05) is 13.1 Å². The first-order chi connectivity index (χ1) is 14.1. The van der Waals surface area contributed by atoms with E-state index in [4.69, 9.17) is 9.47 Å². The number of carbonyl (C=O) groups is 2. The van der Waals surface area contributed by atoms with Gasteiger partial charge in [-0.05, 0) is 39.2 Å². The van der Waals surface area contributed by atoms with Crippen molar-refractivity contribution < 1.29 is 32.6 Å². The number of halogens is 2. The fourth-order valence-electron chi connectivity index (χ4n) is 4.08. The van der Waals surface area contributed by atoms with Gasteiger partial charge in [0.05, 0.1) is 18.2 Å². The highest BCUT2D eigenvalue weighted by Crippen LogP contribution is 2.41. The Morgan fingerprint density at radius 2 is 1.90 bits per heavy atom. The minimum Gasteiger partial charge on any atom is -0.445 e. The lowest BCUT2D eigenvalue weighted by atomic mass is 9.96. The van der Waals surface area contributed by atoms with Crippen LogP contribution in [0, 0.1) is 0 Å². The zero-order valence-electron chi connectivity index (χ0n) is 17.5. The molecule has 9 heteroatoms. The van der Waals surface area contributed by atoms with Crippen LogP contribution in [0.4, 0.5) is 18.4 Å². The van der Waals surface area contributed by atoms with Gasteiger partial charge in [-0.2, -0.15) is 8.78 Å². The van der Waals surface area contributed by atoms with Gasteiger partial charge in [-0.1, -0.05) is 30.3 Å². The molecule has 0 radical (unpaired) electrons. The Hall–Kier alpha value is -2.42. The number of nitrogens with zero attached hydrogens (tertiary/aromatic N) is 2. The summed E-state index contributed by atoms with van der Waals surface area (Å²) in [6.45, 7) is 2.27. The van der Waals surface area contributed by atoms with E-state index in [2.05, 4.69) is 4.74 Å². The fraction of sp³-hybridized carbons (Fsp3) is 0.619. The van der Waals surface area contributed by atoms with E-state index in [0.717, 1.165) is 5.56 Å². The van der Waals surface area contributed by atoms with Crippen LogP contribution in [0.5, 0.6) is 0 Å². The second kappa shape index (κ2) is 8.75. The average Bonchev–Trinajstić information content (AvgIpc) is 2.91. The second-order valence-electron chi connectivity index (χ2n) is 8.76. The van der Waals surface area contributed by atoms with Gasteiger partial charge in [0.2, 0.25) is 0 Å². The Balaban J connectivity index is 1.73. The summed E-state index contributed by atoms with van der Waals surface area (Å²) in [7, 11) is 0. The number of hydrogen-bond acceptors (Lipinski definition) is 5. The van der Waals surface area contributed by atoms with Crippen molar-refractivity contribution in [3.63, 3.8) is 0 Å². The van der Waals surface area contributed by atoms with E-state index in [1.54, 1.807) is 20.8 Å². The predicted molar refractivity (Wildman–Crippen MR) is 104 cm³/mol. The summed E-state index contributed by atoms with van der Waals surface area (Å²) in [4.78, 5) is 28.4. The molecule has 2 saturated heterocycles. The molecule has 7 nitrogen and oxygen atoms in total. The number of carbonyl (C=O) groups excluding carboxylic acids is 2. The van der Waals surface area contributed by atoms with Crippen molar-refractivity contribution in [1.29, 1.82) is 0 Å². The largest absolute Gasteiger partial charge is 0.445 e. The van der Waals surface area contributed by atoms with Crippen molar-refractivity contribution in [3.05, 3.63) is 35.9 Å². The lowest BCUT2D eigenvalue weighted by Crippen LogP contribution is -2.66. The van der Waals surface area contributed by atoms with Crippen LogP contribution in [0.3, 0.4) is 0 Å². The van der Waals surface area contributed by atoms with Crippen molar-refractivity contribution in [2.45, 2.75) is 64.0 Å². The van der Waals surface area contributed by atoms with E-state index in [-0.39, 0.29) is 32.3 Å². The van der Waals surface area contributed by atoms with Gasteiger partial charge in [-0.25, -0.2) is 9.59 Å². The maximum atomic E-state index is 12.8. The molecule has 2 amide bonds. The summed E-state index contributed by atoms with van der Waals surface area (Å²) >= 11 is 0. The van der Waals surface area contributed by atoms with Crippen LogP contribution >= 0.6 is 0 Å². The number of hydrogen-bond donors (Lipinski definition) is 0. The number of ether oxygens (including phenoxy) is 3. The summed E-state index contributed by atoms with van der Waals surface area (Å²) in [5.74, 6) is 0. The minimum atomic E-state index is -2.97. The highest BCUT2D eigenvalue weighted by Gasteiger charge is 2.56. The molecule has 3 rings (SSSR count). The molecule has 0 aliphatic carbocycles. The van der Waals surface area contributed by atoms with E-state index in [9.17, 15) is 18.4 Å². The lowest BCUT2D eigenvalue weighted by Gasteiger charge is -2.48. The molecule has 2 aliphatic rings. The molecular weight excluding hydrogens is 398 g/mol. The molecular formula is C21H28F2N2O5. The van der Waals surface area contributed by atoms with Gasteiger partial charge in [0.1, 0.15) is 12.2 Å². The zero-order chi connectivity index (χ0) is 21.9. The zero-order valence-corrected chi connectivity index (χ0v) is 17.5. The molecule has 2 atom stereocenters. The fourth-order valence-corrected chi connectivity index (χ4v) is 4.08. The summed E-state index contributed by atoms with van der Waals surface area (Å²) < 4.78 is 41.1. The van der Waals surface area contributed by atoms with Crippen LogP contribution in [0.25, 0.3) is 0 Å². The molecule has 1 aromatic rings. The molecule has 0 spiro atoms. The Morgan fingerprint density at radius 3 is 2.53 bits per heavy atom. The molecule has 1 aromatic carbocycles. The Kier molecular flexibility index (Phi) is 6.50. The van der Waals surface area contributed by atoms with Crippen LogP contribution in [-0.2, 0) is 20.8 Å². The van der Waals surface area contributed by atoms with Crippen molar-refractivity contribution in [2.75, 3.05) is 19.7 Å². The summed E-state index contributed by atoms with van der Waals surface area (Å²) in [6.07, 6.45) is -0.128. The first-order valence-electron chi connectivity index (χ1n) is 9.97. The first-order valence-corrected chi connectivity index (χ1v) is 9.97. The van der Waals surface area contributed by atoms with Gasteiger partial charge in [0.15, 0.2) is 0 Å². The van der Waals surface area contributed by atoms with Crippen molar-refractivity contribution >= 4 is 12.2 Å². The standard InChI is InChI=1S/C21H28F2N2O5/c1-20(2,3)30-19(27)25-16-9-10-21(25,14-29-17(22)23)13-24(11-16)18(26)28-12-15-7-5-4-6-8-15/h4-8,16-17H,9-14H2,1-3H3/t16-,21+/m0/s1. The van der Waals surface area contributed by atoms with Gasteiger partial charge in [-0.15, -0.1) is 0 Å². The van der Waals surface area contributed by atoms with E-state index in [1.165, 1.54) is 9.80 Å². The van der Waals surface area contributed by atoms with Gasteiger partial charge in [-0.3, -0.25) is 4.90 Å². The molecule has 0 saturated carbocycles. The van der Waals surface area contributed by atoms with E-state index < -0.39 is 29.9 Å². The second-order valence-corrected chi connectivity index (χ2v) is 8.76. The van der Waals surface area contributed by atoms with Crippen LogP contribution in [0.15, 0.2) is 30.3 Å². The monoisotopic (exact) mass is 426 g/mol. The quantitative estimate of drug-likeness (QED) is 0.712. The third kappa shape index (κ3) is 5.19. The van der Waals surface area contributed by atoms with Crippen molar-refractivity contribution in [3.8, 4) is 0 Å². The lowest BCUT2D eigenvalue weighted by molar-refractivity contribution is -0.161. The number of rotatable bonds is 5. The molecule has 2 fully saturated rings. The summed E-state index contributed by atoms with van der Waals surface area (Å²) in [5, 5.41) is 0. The van der Waals surface area contributed by atoms with E-state index in [1.807, 2.05) is 30.3 Å². The molecule has 0 aromatic heterocycles. The maximum absolute atomic E-state index is 12.8. The molecule has 2 aliphatic heterocycles. The van der Waals surface area contributed by atoms with Crippen LogP contribution in [-0.4, -0.2) is 65.5 Å². The number of fused-ring (bicyclic) bond motifs is 2. The highest BCUT2D eigenvalue weighted by molar-refractivity contribution is 5.73. The summed E-state index contributed by atoms with van der Waals surface area (Å²) in [5.41, 5.74) is -0.961. The molecule has 0 N–H and O–H groups in total. The Morgan fingerprint density at radius 1 is 1.20 bits per heavy atom. The number of benzene rings is 1.